The zero-order valence-electron chi connectivity index (χ0n) is 13.6. The smallest absolute Gasteiger partial charge is 0.277 e. The van der Waals surface area contributed by atoms with E-state index in [2.05, 4.69) is 19.3 Å². The Labute approximate surface area is 133 Å². The summed E-state index contributed by atoms with van der Waals surface area (Å²) in [6.07, 6.45) is 5.39. The molecule has 2 heterocycles. The first-order valence-electron chi connectivity index (χ1n) is 7.74. The van der Waals surface area contributed by atoms with Gasteiger partial charge in [-0.1, -0.05) is 0 Å². The highest BCUT2D eigenvalue weighted by Gasteiger charge is 2.19. The number of pyridine rings is 1. The molecule has 0 unspecified atom stereocenters. The summed E-state index contributed by atoms with van der Waals surface area (Å²) < 4.78 is 29.1. The number of aromatic nitrogens is 1. The van der Waals surface area contributed by atoms with Crippen LogP contribution in [-0.2, 0) is 16.8 Å². The Hall–Kier alpha value is -1.18. The average molecular weight is 326 g/mol. The van der Waals surface area contributed by atoms with Gasteiger partial charge in [0, 0.05) is 31.4 Å². The summed E-state index contributed by atoms with van der Waals surface area (Å²) in [5, 5.41) is 0. The molecule has 0 saturated carbocycles. The third kappa shape index (κ3) is 5.55. The summed E-state index contributed by atoms with van der Waals surface area (Å²) in [6.45, 7) is 7.74. The Balaban J connectivity index is 1.98. The highest BCUT2D eigenvalue weighted by molar-refractivity contribution is 7.87. The van der Waals surface area contributed by atoms with E-state index in [1.807, 2.05) is 32.9 Å². The van der Waals surface area contributed by atoms with Gasteiger partial charge in [-0.2, -0.15) is 17.9 Å². The highest BCUT2D eigenvalue weighted by Crippen LogP contribution is 2.18. The first-order valence-corrected chi connectivity index (χ1v) is 9.22. The molecule has 0 amide bonds. The van der Waals surface area contributed by atoms with E-state index in [0.717, 1.165) is 24.5 Å². The molecule has 0 spiro atoms. The Kier molecular flexibility index (Phi) is 5.41. The second-order valence-corrected chi connectivity index (χ2v) is 8.25. The van der Waals surface area contributed by atoms with E-state index in [0.29, 0.717) is 0 Å². The van der Waals surface area contributed by atoms with Crippen molar-refractivity contribution in [3.63, 3.8) is 0 Å². The maximum absolute atomic E-state index is 12.0. The maximum Gasteiger partial charge on any atom is 0.277 e. The molecule has 0 bridgehead atoms. The third-order valence-electron chi connectivity index (χ3n) is 3.40. The lowest BCUT2D eigenvalue weighted by atomic mass is 10.1. The van der Waals surface area contributed by atoms with Crippen LogP contribution in [0.25, 0.3) is 0 Å². The van der Waals surface area contributed by atoms with Crippen molar-refractivity contribution < 1.29 is 8.42 Å². The molecule has 0 aromatic carbocycles. The van der Waals surface area contributed by atoms with Gasteiger partial charge in [-0.05, 0) is 57.7 Å². The molecule has 0 radical (unpaired) electrons. The standard InChI is InChI=1S/C15H26N4O2S/c1-15(2,3)18-22(20,21)17-12-13-7-8-16-14(11-13)19-9-5-4-6-10-19/h7-8,11,17-18H,4-6,9-10,12H2,1-3H3. The Morgan fingerprint density at radius 3 is 2.55 bits per heavy atom. The molecule has 22 heavy (non-hydrogen) atoms. The van der Waals surface area contributed by atoms with Gasteiger partial charge in [0.1, 0.15) is 5.82 Å². The molecular weight excluding hydrogens is 300 g/mol. The van der Waals surface area contributed by atoms with Crippen LogP contribution in [-0.4, -0.2) is 32.0 Å². The summed E-state index contributed by atoms with van der Waals surface area (Å²) in [4.78, 5) is 6.66. The second kappa shape index (κ2) is 6.93. The number of piperidine rings is 1. The van der Waals surface area contributed by atoms with Crippen molar-refractivity contribution >= 4 is 16.0 Å². The third-order valence-corrected chi connectivity index (χ3v) is 4.80. The van der Waals surface area contributed by atoms with Gasteiger partial charge in [-0.3, -0.25) is 0 Å². The molecule has 0 atom stereocenters. The van der Waals surface area contributed by atoms with E-state index < -0.39 is 15.7 Å². The number of hydrogen-bond donors (Lipinski definition) is 2. The van der Waals surface area contributed by atoms with Gasteiger partial charge in [-0.15, -0.1) is 0 Å². The molecule has 1 aromatic rings. The monoisotopic (exact) mass is 326 g/mol. The molecular formula is C15H26N4O2S. The van der Waals surface area contributed by atoms with Crippen molar-refractivity contribution in [3.05, 3.63) is 23.9 Å². The number of nitrogens with one attached hydrogen (secondary N) is 2. The fourth-order valence-corrected chi connectivity index (χ4v) is 3.72. The van der Waals surface area contributed by atoms with Gasteiger partial charge >= 0.3 is 0 Å². The lowest BCUT2D eigenvalue weighted by molar-refractivity contribution is 0.483. The Bertz CT molecular complexity index is 590. The quantitative estimate of drug-likeness (QED) is 0.865. The zero-order chi connectivity index (χ0) is 16.2. The number of nitrogens with zero attached hydrogens (tertiary/aromatic N) is 2. The normalized spacial score (nSPS) is 16.8. The van der Waals surface area contributed by atoms with Gasteiger partial charge in [-0.25, -0.2) is 4.98 Å². The van der Waals surface area contributed by atoms with E-state index in [4.69, 9.17) is 0 Å². The van der Waals surface area contributed by atoms with E-state index >= 15 is 0 Å². The lowest BCUT2D eigenvalue weighted by Gasteiger charge is -2.28. The van der Waals surface area contributed by atoms with Crippen molar-refractivity contribution in [2.45, 2.75) is 52.1 Å². The average Bonchev–Trinajstić information content (AvgIpc) is 2.44. The molecule has 2 N–H and O–H groups in total. The van der Waals surface area contributed by atoms with Gasteiger partial charge < -0.3 is 4.90 Å². The van der Waals surface area contributed by atoms with E-state index in [9.17, 15) is 8.42 Å². The van der Waals surface area contributed by atoms with Crippen molar-refractivity contribution in [2.75, 3.05) is 18.0 Å². The van der Waals surface area contributed by atoms with Crippen LogP contribution in [0.5, 0.6) is 0 Å². The Morgan fingerprint density at radius 1 is 1.23 bits per heavy atom. The van der Waals surface area contributed by atoms with Crippen LogP contribution in [0.2, 0.25) is 0 Å². The minimum absolute atomic E-state index is 0.259. The molecule has 2 rings (SSSR count). The predicted octanol–water partition coefficient (Wildman–Crippen LogP) is 1.79. The molecule has 1 aliphatic rings. The molecule has 1 aliphatic heterocycles. The van der Waals surface area contributed by atoms with Gasteiger partial charge in [0.05, 0.1) is 0 Å². The summed E-state index contributed by atoms with van der Waals surface area (Å²) in [5.41, 5.74) is 0.415. The largest absolute Gasteiger partial charge is 0.357 e. The first-order chi connectivity index (χ1) is 10.3. The van der Waals surface area contributed by atoms with Crippen molar-refractivity contribution in [1.82, 2.24) is 14.4 Å². The van der Waals surface area contributed by atoms with Crippen molar-refractivity contribution in [1.29, 1.82) is 0 Å². The van der Waals surface area contributed by atoms with Gasteiger partial charge in [0.15, 0.2) is 0 Å². The van der Waals surface area contributed by atoms with Crippen LogP contribution >= 0.6 is 0 Å². The summed E-state index contributed by atoms with van der Waals surface area (Å²) >= 11 is 0. The van der Waals surface area contributed by atoms with Crippen LogP contribution < -0.4 is 14.3 Å². The minimum atomic E-state index is -3.51. The molecule has 1 fully saturated rings. The van der Waals surface area contributed by atoms with E-state index in [1.54, 1.807) is 6.20 Å². The Morgan fingerprint density at radius 2 is 1.91 bits per heavy atom. The molecule has 124 valence electrons. The summed E-state index contributed by atoms with van der Waals surface area (Å²) in [7, 11) is -3.51. The van der Waals surface area contributed by atoms with Crippen LogP contribution in [0.4, 0.5) is 5.82 Å². The number of hydrogen-bond acceptors (Lipinski definition) is 4. The molecule has 6 nitrogen and oxygen atoms in total. The lowest BCUT2D eigenvalue weighted by Crippen LogP contribution is -2.46. The van der Waals surface area contributed by atoms with Crippen LogP contribution in [0, 0.1) is 0 Å². The van der Waals surface area contributed by atoms with Crippen LogP contribution in [0.15, 0.2) is 18.3 Å². The van der Waals surface area contributed by atoms with Crippen molar-refractivity contribution in [2.24, 2.45) is 0 Å². The molecule has 0 aliphatic carbocycles. The molecule has 1 aromatic heterocycles. The summed E-state index contributed by atoms with van der Waals surface area (Å²) in [6, 6.07) is 3.80. The first kappa shape index (κ1) is 17.2. The van der Waals surface area contributed by atoms with E-state index in [-0.39, 0.29) is 6.54 Å². The van der Waals surface area contributed by atoms with Crippen LogP contribution in [0.1, 0.15) is 45.6 Å². The summed E-state index contributed by atoms with van der Waals surface area (Å²) in [5.74, 6) is 0.931. The zero-order valence-corrected chi connectivity index (χ0v) is 14.4. The van der Waals surface area contributed by atoms with Crippen molar-refractivity contribution in [3.8, 4) is 0 Å². The van der Waals surface area contributed by atoms with E-state index in [1.165, 1.54) is 19.3 Å². The van der Waals surface area contributed by atoms with Gasteiger partial charge in [0.25, 0.3) is 10.2 Å². The number of anilines is 1. The van der Waals surface area contributed by atoms with Crippen LogP contribution in [0.3, 0.4) is 0 Å². The van der Waals surface area contributed by atoms with Gasteiger partial charge in [0.2, 0.25) is 0 Å². The predicted molar refractivity (Wildman–Crippen MR) is 88.9 cm³/mol. The fraction of sp³-hybridized carbons (Fsp3) is 0.667. The minimum Gasteiger partial charge on any atom is -0.357 e. The highest BCUT2D eigenvalue weighted by atomic mass is 32.2. The molecule has 1 saturated heterocycles. The maximum atomic E-state index is 12.0. The SMILES string of the molecule is CC(C)(C)NS(=O)(=O)NCc1ccnc(N2CCCCC2)c1. The second-order valence-electron chi connectivity index (χ2n) is 6.75. The molecule has 7 heteroatoms. The topological polar surface area (TPSA) is 74.3 Å². The number of rotatable bonds is 5. The fourth-order valence-electron chi connectivity index (χ4n) is 2.48.